The molecule has 5 rings (SSSR count). The number of urea groups is 1. The van der Waals surface area contributed by atoms with Gasteiger partial charge in [0, 0.05) is 54.5 Å². The molecule has 0 spiro atoms. The minimum Gasteiger partial charge on any atom is -0.366 e. The predicted octanol–water partition coefficient (Wildman–Crippen LogP) is 4.18. The number of benzene rings is 3. The molecular formula is C28H25FN6O3. The molecule has 3 aromatic carbocycles. The third-order valence-corrected chi connectivity index (χ3v) is 6.52. The summed E-state index contributed by atoms with van der Waals surface area (Å²) in [5.74, 6) is -0.788. The largest absolute Gasteiger partial charge is 0.366 e. The van der Waals surface area contributed by atoms with Gasteiger partial charge in [0.15, 0.2) is 5.82 Å². The smallest absolute Gasteiger partial charge is 0.329 e. The van der Waals surface area contributed by atoms with Crippen molar-refractivity contribution in [2.75, 3.05) is 28.2 Å². The van der Waals surface area contributed by atoms with Gasteiger partial charge in [-0.05, 0) is 67.1 Å². The van der Waals surface area contributed by atoms with Crippen LogP contribution in [0.4, 0.5) is 32.1 Å². The number of anilines is 4. The molecule has 0 saturated carbocycles. The van der Waals surface area contributed by atoms with Gasteiger partial charge in [-0.1, -0.05) is 12.1 Å². The van der Waals surface area contributed by atoms with Crippen molar-refractivity contribution in [1.82, 2.24) is 9.55 Å². The molecule has 2 heterocycles. The average molecular weight is 513 g/mol. The van der Waals surface area contributed by atoms with Gasteiger partial charge in [-0.3, -0.25) is 19.4 Å². The number of nitrogens with zero attached hydrogens (tertiary/aromatic N) is 4. The first kappa shape index (κ1) is 24.7. The van der Waals surface area contributed by atoms with E-state index in [1.807, 2.05) is 25.1 Å². The fourth-order valence-electron chi connectivity index (χ4n) is 4.49. The molecule has 0 atom stereocenters. The molecule has 3 amide bonds. The zero-order valence-electron chi connectivity index (χ0n) is 20.8. The maximum absolute atomic E-state index is 13.4. The van der Waals surface area contributed by atoms with Gasteiger partial charge in [0.25, 0.3) is 5.56 Å². The zero-order chi connectivity index (χ0) is 27.0. The van der Waals surface area contributed by atoms with E-state index in [1.54, 1.807) is 59.4 Å². The van der Waals surface area contributed by atoms with E-state index in [-0.39, 0.29) is 23.2 Å². The van der Waals surface area contributed by atoms with Crippen molar-refractivity contribution in [3.63, 3.8) is 0 Å². The van der Waals surface area contributed by atoms with Crippen LogP contribution in [-0.4, -0.2) is 34.6 Å². The zero-order valence-corrected chi connectivity index (χ0v) is 20.8. The van der Waals surface area contributed by atoms with E-state index in [0.29, 0.717) is 35.7 Å². The van der Waals surface area contributed by atoms with Gasteiger partial charge in [0.1, 0.15) is 5.82 Å². The van der Waals surface area contributed by atoms with E-state index >= 15 is 0 Å². The summed E-state index contributed by atoms with van der Waals surface area (Å²) in [6.45, 7) is 2.84. The molecule has 4 aromatic rings. The van der Waals surface area contributed by atoms with Crippen LogP contribution < -0.4 is 26.4 Å². The molecule has 1 aliphatic heterocycles. The van der Waals surface area contributed by atoms with E-state index in [1.165, 1.54) is 16.7 Å². The lowest BCUT2D eigenvalue weighted by molar-refractivity contribution is 0.100. The average Bonchev–Trinajstić information content (AvgIpc) is 3.28. The standard InChI is InChI=1S/C28H25FN6O3/c1-17-22(4-3-5-24(17)35-15-14-34(28(35)38)21-12-8-19(29)9-13-21)23-16-33(2)27(37)26(32-23)31-20-10-6-18(7-11-20)25(30)36/h3-13,16H,14-15H2,1-2H3,(H2,30,36)(H,31,32). The van der Waals surface area contributed by atoms with Gasteiger partial charge >= 0.3 is 6.03 Å². The van der Waals surface area contributed by atoms with Crippen molar-refractivity contribution in [2.24, 2.45) is 12.8 Å². The summed E-state index contributed by atoms with van der Waals surface area (Å²) < 4.78 is 14.8. The number of hydrogen-bond acceptors (Lipinski definition) is 5. The van der Waals surface area contributed by atoms with Crippen LogP contribution in [0.1, 0.15) is 15.9 Å². The number of carbonyl (C=O) groups excluding carboxylic acids is 2. The number of aryl methyl sites for hydroxylation is 1. The Balaban J connectivity index is 1.46. The third-order valence-electron chi connectivity index (χ3n) is 6.52. The Morgan fingerprint density at radius 3 is 2.34 bits per heavy atom. The number of nitrogens with one attached hydrogen (secondary N) is 1. The lowest BCUT2D eigenvalue weighted by Crippen LogP contribution is -2.32. The fourth-order valence-corrected chi connectivity index (χ4v) is 4.49. The molecule has 1 aliphatic rings. The highest BCUT2D eigenvalue weighted by Gasteiger charge is 2.32. The highest BCUT2D eigenvalue weighted by Crippen LogP contribution is 2.33. The van der Waals surface area contributed by atoms with Gasteiger partial charge in [-0.15, -0.1) is 0 Å². The summed E-state index contributed by atoms with van der Waals surface area (Å²) in [6, 6.07) is 17.7. The number of aromatic nitrogens is 2. The molecule has 0 aliphatic carbocycles. The van der Waals surface area contributed by atoms with E-state index in [9.17, 15) is 18.8 Å². The molecule has 0 bridgehead atoms. The number of hydrogen-bond donors (Lipinski definition) is 2. The van der Waals surface area contributed by atoms with Gasteiger partial charge in [0.05, 0.1) is 5.69 Å². The first-order valence-corrected chi connectivity index (χ1v) is 11.9. The Bertz CT molecular complexity index is 1600. The summed E-state index contributed by atoms with van der Waals surface area (Å²) in [5, 5.41) is 3.02. The van der Waals surface area contributed by atoms with Gasteiger partial charge < -0.3 is 15.6 Å². The van der Waals surface area contributed by atoms with Gasteiger partial charge in [0.2, 0.25) is 5.91 Å². The summed E-state index contributed by atoms with van der Waals surface area (Å²) in [4.78, 5) is 45.3. The molecule has 0 radical (unpaired) electrons. The number of halogens is 1. The Kier molecular flexibility index (Phi) is 6.38. The van der Waals surface area contributed by atoms with Crippen molar-refractivity contribution in [1.29, 1.82) is 0 Å². The van der Waals surface area contributed by atoms with Crippen LogP contribution in [-0.2, 0) is 7.05 Å². The lowest BCUT2D eigenvalue weighted by atomic mass is 10.0. The summed E-state index contributed by atoms with van der Waals surface area (Å²) in [7, 11) is 1.64. The van der Waals surface area contributed by atoms with Crippen LogP contribution in [0.25, 0.3) is 11.3 Å². The number of rotatable bonds is 6. The van der Waals surface area contributed by atoms with Crippen molar-refractivity contribution >= 4 is 34.8 Å². The van der Waals surface area contributed by atoms with Gasteiger partial charge in [-0.2, -0.15) is 0 Å². The van der Waals surface area contributed by atoms with Crippen LogP contribution in [0.5, 0.6) is 0 Å². The molecule has 9 nitrogen and oxygen atoms in total. The van der Waals surface area contributed by atoms with Crippen molar-refractivity contribution in [2.45, 2.75) is 6.92 Å². The lowest BCUT2D eigenvalue weighted by Gasteiger charge is -2.22. The van der Waals surface area contributed by atoms with Crippen LogP contribution in [0.15, 0.2) is 77.7 Å². The second kappa shape index (κ2) is 9.81. The van der Waals surface area contributed by atoms with Crippen LogP contribution in [0, 0.1) is 12.7 Å². The quantitative estimate of drug-likeness (QED) is 0.402. The molecule has 1 aromatic heterocycles. The molecule has 0 unspecified atom stereocenters. The molecule has 10 heteroatoms. The number of amides is 3. The minimum atomic E-state index is -0.541. The number of nitrogens with two attached hydrogens (primary N) is 1. The summed E-state index contributed by atoms with van der Waals surface area (Å²) in [6.07, 6.45) is 1.65. The highest BCUT2D eigenvalue weighted by atomic mass is 19.1. The highest BCUT2D eigenvalue weighted by molar-refractivity contribution is 6.07. The van der Waals surface area contributed by atoms with E-state index < -0.39 is 5.91 Å². The summed E-state index contributed by atoms with van der Waals surface area (Å²) in [5.41, 5.74) is 9.39. The Labute approximate surface area is 217 Å². The Hall–Kier alpha value is -4.99. The topological polar surface area (TPSA) is 114 Å². The predicted molar refractivity (Wildman–Crippen MR) is 144 cm³/mol. The SMILES string of the molecule is Cc1c(-c2cn(C)c(=O)c(Nc3ccc(C(N)=O)cc3)n2)cccc1N1CCN(c2ccc(F)cc2)C1=O. The molecule has 1 saturated heterocycles. The maximum atomic E-state index is 13.4. The van der Waals surface area contributed by atoms with Crippen molar-refractivity contribution < 1.29 is 14.0 Å². The number of primary amides is 1. The van der Waals surface area contributed by atoms with E-state index in [0.717, 1.165) is 16.8 Å². The number of carbonyl (C=O) groups is 2. The van der Waals surface area contributed by atoms with Crippen LogP contribution >= 0.6 is 0 Å². The molecular weight excluding hydrogens is 487 g/mol. The van der Waals surface area contributed by atoms with Crippen LogP contribution in [0.2, 0.25) is 0 Å². The fraction of sp³-hybridized carbons (Fsp3) is 0.143. The van der Waals surface area contributed by atoms with Crippen LogP contribution in [0.3, 0.4) is 0 Å². The molecule has 3 N–H and O–H groups in total. The Morgan fingerprint density at radius 1 is 0.974 bits per heavy atom. The van der Waals surface area contributed by atoms with Crippen molar-refractivity contribution in [3.8, 4) is 11.3 Å². The second-order valence-electron chi connectivity index (χ2n) is 8.97. The summed E-state index contributed by atoms with van der Waals surface area (Å²) >= 11 is 0. The first-order chi connectivity index (χ1) is 18.2. The second-order valence-corrected chi connectivity index (χ2v) is 8.97. The Morgan fingerprint density at radius 2 is 1.66 bits per heavy atom. The van der Waals surface area contributed by atoms with E-state index in [4.69, 9.17) is 5.73 Å². The van der Waals surface area contributed by atoms with Gasteiger partial charge in [-0.25, -0.2) is 14.2 Å². The minimum absolute atomic E-state index is 0.112. The third kappa shape index (κ3) is 4.59. The molecule has 38 heavy (non-hydrogen) atoms. The first-order valence-electron chi connectivity index (χ1n) is 11.9. The normalized spacial score (nSPS) is 13.2. The molecule has 192 valence electrons. The van der Waals surface area contributed by atoms with E-state index in [2.05, 4.69) is 10.3 Å². The monoisotopic (exact) mass is 512 g/mol. The van der Waals surface area contributed by atoms with Crippen molar-refractivity contribution in [3.05, 3.63) is 100 Å². The maximum Gasteiger partial charge on any atom is 0.329 e. The molecule has 1 fully saturated rings.